The Kier molecular flexibility index (Phi) is 4.64. The zero-order valence-electron chi connectivity index (χ0n) is 9.68. The minimum Gasteiger partial charge on any atom is -0.480 e. The summed E-state index contributed by atoms with van der Waals surface area (Å²) in [5.41, 5.74) is -3.50. The predicted octanol–water partition coefficient (Wildman–Crippen LogP) is 3.33. The monoisotopic (exact) mass is 302 g/mol. The molecule has 9 heteroatoms. The van der Waals surface area contributed by atoms with Crippen LogP contribution < -0.4 is 0 Å². The molecular formula is C11H8F6O3. The summed E-state index contributed by atoms with van der Waals surface area (Å²) in [5, 5.41) is 8.28. The van der Waals surface area contributed by atoms with Crippen molar-refractivity contribution in [1.82, 2.24) is 0 Å². The molecule has 1 N–H and O–H groups in total. The molecule has 0 saturated heterocycles. The largest absolute Gasteiger partial charge is 0.480 e. The highest BCUT2D eigenvalue weighted by Gasteiger charge is 2.38. The average molecular weight is 302 g/mol. The predicted molar refractivity (Wildman–Crippen MR) is 53.7 cm³/mol. The van der Waals surface area contributed by atoms with Gasteiger partial charge in [-0.25, -0.2) is 4.79 Å². The van der Waals surface area contributed by atoms with Gasteiger partial charge in [-0.2, -0.15) is 26.3 Å². The summed E-state index contributed by atoms with van der Waals surface area (Å²) in [7, 11) is 0. The van der Waals surface area contributed by atoms with Gasteiger partial charge in [0.2, 0.25) is 0 Å². The molecule has 0 aliphatic heterocycles. The second kappa shape index (κ2) is 5.70. The fourth-order valence-electron chi connectivity index (χ4n) is 1.39. The SMILES string of the molecule is O=C(O)COCc1ccc(C(F)(F)F)cc1C(F)(F)F. The molecular weight excluding hydrogens is 294 g/mol. The lowest BCUT2D eigenvalue weighted by molar-refractivity contribution is -0.144. The Morgan fingerprint density at radius 2 is 1.70 bits per heavy atom. The number of hydrogen-bond donors (Lipinski definition) is 1. The highest BCUT2D eigenvalue weighted by atomic mass is 19.4. The number of rotatable bonds is 4. The van der Waals surface area contributed by atoms with Gasteiger partial charge in [-0.15, -0.1) is 0 Å². The van der Waals surface area contributed by atoms with Crippen molar-refractivity contribution in [3.63, 3.8) is 0 Å². The molecule has 0 heterocycles. The normalized spacial score (nSPS) is 12.5. The summed E-state index contributed by atoms with van der Waals surface area (Å²) < 4.78 is 79.6. The third-order valence-electron chi connectivity index (χ3n) is 2.23. The van der Waals surface area contributed by atoms with Gasteiger partial charge in [0.25, 0.3) is 0 Å². The van der Waals surface area contributed by atoms with Gasteiger partial charge in [-0.05, 0) is 17.7 Å². The van der Waals surface area contributed by atoms with Crippen molar-refractivity contribution in [3.8, 4) is 0 Å². The molecule has 20 heavy (non-hydrogen) atoms. The van der Waals surface area contributed by atoms with Gasteiger partial charge in [0.05, 0.1) is 17.7 Å². The van der Waals surface area contributed by atoms with Gasteiger partial charge in [-0.1, -0.05) is 6.07 Å². The summed E-state index contributed by atoms with van der Waals surface area (Å²) in [6, 6.07) is 1.07. The van der Waals surface area contributed by atoms with E-state index in [2.05, 4.69) is 4.74 Å². The third-order valence-corrected chi connectivity index (χ3v) is 2.23. The molecule has 0 amide bonds. The number of aliphatic carboxylic acids is 1. The maximum atomic E-state index is 12.7. The van der Waals surface area contributed by atoms with Gasteiger partial charge in [-0.3, -0.25) is 0 Å². The Labute approximate surface area is 108 Å². The molecule has 0 atom stereocenters. The number of ether oxygens (including phenoxy) is 1. The lowest BCUT2D eigenvalue weighted by Crippen LogP contribution is -2.15. The number of carboxylic acid groups (broad SMARTS) is 1. The Balaban J connectivity index is 3.08. The van der Waals surface area contributed by atoms with E-state index >= 15 is 0 Å². The van der Waals surface area contributed by atoms with Crippen molar-refractivity contribution >= 4 is 5.97 Å². The maximum absolute atomic E-state index is 12.7. The van der Waals surface area contributed by atoms with Crippen LogP contribution in [0.15, 0.2) is 18.2 Å². The second-order valence-electron chi connectivity index (χ2n) is 3.75. The summed E-state index contributed by atoms with van der Waals surface area (Å²) in [5.74, 6) is -1.40. The number of halogens is 6. The van der Waals surface area contributed by atoms with Crippen LogP contribution in [0.4, 0.5) is 26.3 Å². The smallest absolute Gasteiger partial charge is 0.416 e. The van der Waals surface area contributed by atoms with E-state index in [4.69, 9.17) is 5.11 Å². The van der Waals surface area contributed by atoms with E-state index in [0.717, 1.165) is 0 Å². The number of hydrogen-bond acceptors (Lipinski definition) is 2. The zero-order valence-corrected chi connectivity index (χ0v) is 9.68. The van der Waals surface area contributed by atoms with Crippen molar-refractivity contribution in [2.24, 2.45) is 0 Å². The number of carboxylic acids is 1. The lowest BCUT2D eigenvalue weighted by Gasteiger charge is -2.15. The summed E-state index contributed by atoms with van der Waals surface area (Å²) in [6.07, 6.45) is -9.90. The van der Waals surface area contributed by atoms with Crippen LogP contribution >= 0.6 is 0 Å². The molecule has 0 spiro atoms. The van der Waals surface area contributed by atoms with Crippen LogP contribution in [-0.2, 0) is 28.5 Å². The van der Waals surface area contributed by atoms with Crippen molar-refractivity contribution in [3.05, 3.63) is 34.9 Å². The van der Waals surface area contributed by atoms with E-state index in [9.17, 15) is 31.1 Å². The molecule has 0 saturated carbocycles. The van der Waals surface area contributed by atoms with Crippen LogP contribution in [0.1, 0.15) is 16.7 Å². The highest BCUT2D eigenvalue weighted by Crippen LogP contribution is 2.37. The molecule has 0 fully saturated rings. The van der Waals surface area contributed by atoms with E-state index in [1.807, 2.05) is 0 Å². The van der Waals surface area contributed by atoms with Crippen LogP contribution in [0.3, 0.4) is 0 Å². The van der Waals surface area contributed by atoms with Crippen LogP contribution in [0.2, 0.25) is 0 Å². The lowest BCUT2D eigenvalue weighted by atomic mass is 10.0. The van der Waals surface area contributed by atoms with Crippen LogP contribution in [-0.4, -0.2) is 17.7 Å². The molecule has 0 unspecified atom stereocenters. The Hall–Kier alpha value is -1.77. The van der Waals surface area contributed by atoms with Crippen LogP contribution in [0.25, 0.3) is 0 Å². The van der Waals surface area contributed by atoms with Gasteiger partial charge in [0.1, 0.15) is 6.61 Å². The zero-order chi connectivity index (χ0) is 15.6. The van der Waals surface area contributed by atoms with Crippen LogP contribution in [0, 0.1) is 0 Å². The fraction of sp³-hybridized carbons (Fsp3) is 0.364. The van der Waals surface area contributed by atoms with Crippen molar-refractivity contribution in [2.75, 3.05) is 6.61 Å². The molecule has 1 rings (SSSR count). The average Bonchev–Trinajstić information content (AvgIpc) is 2.25. The minimum atomic E-state index is -5.00. The maximum Gasteiger partial charge on any atom is 0.416 e. The first kappa shape index (κ1) is 16.3. The third kappa shape index (κ3) is 4.41. The first-order valence-electron chi connectivity index (χ1n) is 5.08. The molecule has 3 nitrogen and oxygen atoms in total. The van der Waals surface area contributed by atoms with E-state index in [1.54, 1.807) is 0 Å². The summed E-state index contributed by atoms with van der Waals surface area (Å²) in [4.78, 5) is 10.2. The van der Waals surface area contributed by atoms with Crippen LogP contribution in [0.5, 0.6) is 0 Å². The number of alkyl halides is 6. The summed E-state index contributed by atoms with van der Waals surface area (Å²) in [6.45, 7) is -1.60. The molecule has 1 aromatic rings. The van der Waals surface area contributed by atoms with Gasteiger partial charge < -0.3 is 9.84 Å². The molecule has 0 bridgehead atoms. The second-order valence-corrected chi connectivity index (χ2v) is 3.75. The Morgan fingerprint density at radius 3 is 2.15 bits per heavy atom. The van der Waals surface area contributed by atoms with E-state index in [-0.39, 0.29) is 6.07 Å². The minimum absolute atomic E-state index is 0.0283. The quantitative estimate of drug-likeness (QED) is 0.868. The molecule has 112 valence electrons. The van der Waals surface area contributed by atoms with E-state index < -0.39 is 48.2 Å². The first-order chi connectivity index (χ1) is 9.01. The molecule has 0 radical (unpaired) electrons. The van der Waals surface area contributed by atoms with Crippen molar-refractivity contribution < 1.29 is 41.0 Å². The molecule has 1 aromatic carbocycles. The number of benzene rings is 1. The van der Waals surface area contributed by atoms with Gasteiger partial charge >= 0.3 is 18.3 Å². The standard InChI is InChI=1S/C11H8F6O3/c12-10(13,14)7-2-1-6(4-20-5-9(18)19)8(3-7)11(15,16)17/h1-3H,4-5H2,(H,18,19). The first-order valence-corrected chi connectivity index (χ1v) is 5.08. The van der Waals surface area contributed by atoms with Gasteiger partial charge in [0, 0.05) is 0 Å². The fourth-order valence-corrected chi connectivity index (χ4v) is 1.39. The van der Waals surface area contributed by atoms with E-state index in [0.29, 0.717) is 12.1 Å². The summed E-state index contributed by atoms with van der Waals surface area (Å²) >= 11 is 0. The number of carbonyl (C=O) groups is 1. The van der Waals surface area contributed by atoms with E-state index in [1.165, 1.54) is 0 Å². The van der Waals surface area contributed by atoms with Crippen molar-refractivity contribution in [1.29, 1.82) is 0 Å². The Morgan fingerprint density at radius 1 is 1.10 bits per heavy atom. The molecule has 0 aliphatic carbocycles. The Bertz CT molecular complexity index is 492. The topological polar surface area (TPSA) is 46.5 Å². The highest BCUT2D eigenvalue weighted by molar-refractivity contribution is 5.68. The molecule has 0 aromatic heterocycles. The van der Waals surface area contributed by atoms with Gasteiger partial charge in [0.15, 0.2) is 0 Å². The molecule has 0 aliphatic rings. The van der Waals surface area contributed by atoms with Crippen molar-refractivity contribution in [2.45, 2.75) is 19.0 Å².